The smallest absolute Gasteiger partial charge is 0.195 e. The van der Waals surface area contributed by atoms with E-state index in [0.29, 0.717) is 11.3 Å². The molecule has 0 radical (unpaired) electrons. The van der Waals surface area contributed by atoms with E-state index in [1.807, 2.05) is 72.8 Å². The fraction of sp³-hybridized carbons (Fsp3) is 0.0270. The van der Waals surface area contributed by atoms with Gasteiger partial charge < -0.3 is 9.64 Å². The molecule has 0 saturated carbocycles. The third-order valence-corrected chi connectivity index (χ3v) is 7.22. The quantitative estimate of drug-likeness (QED) is 0.123. The normalized spacial score (nSPS) is 10.9. The number of hydrogen-bond donors (Lipinski definition) is 0. The lowest BCUT2D eigenvalue weighted by Crippen LogP contribution is -2.09. The van der Waals surface area contributed by atoms with Crippen molar-refractivity contribution in [3.8, 4) is 11.8 Å². The molecule has 0 heterocycles. The lowest BCUT2D eigenvalue weighted by molar-refractivity contribution is 0.415. The first-order chi connectivity index (χ1) is 20.2. The number of rotatable bonds is 6. The molecule has 4 nitrogen and oxygen atoms in total. The summed E-state index contributed by atoms with van der Waals surface area (Å²) in [4.78, 5) is 6.01. The highest BCUT2D eigenvalue weighted by atomic mass is 16.5. The first-order valence-corrected chi connectivity index (χ1v) is 13.2. The molecule has 0 bridgehead atoms. The summed E-state index contributed by atoms with van der Waals surface area (Å²) >= 11 is 0. The zero-order chi connectivity index (χ0) is 28.2. The topological polar surface area (TPSA) is 40.6 Å². The number of anilines is 3. The molecule has 0 N–H and O–H groups in total. The van der Waals surface area contributed by atoms with Crippen molar-refractivity contribution >= 4 is 56.4 Å². The maximum absolute atomic E-state index is 9.74. The summed E-state index contributed by atoms with van der Waals surface area (Å²) in [5, 5.41) is 13.4. The van der Waals surface area contributed by atoms with Crippen LogP contribution in [0.15, 0.2) is 121 Å². The Bertz CT molecular complexity index is 1980. The maximum atomic E-state index is 9.74. The van der Waals surface area contributed by atoms with E-state index in [0.717, 1.165) is 55.5 Å². The van der Waals surface area contributed by atoms with Crippen molar-refractivity contribution in [2.45, 2.75) is 0 Å². The fourth-order valence-corrected chi connectivity index (χ4v) is 5.25. The van der Waals surface area contributed by atoms with Crippen molar-refractivity contribution < 1.29 is 4.74 Å². The zero-order valence-corrected chi connectivity index (χ0v) is 22.5. The molecule has 0 aliphatic carbocycles. The molecule has 0 saturated heterocycles. The number of nitriles is 1. The molecule has 0 atom stereocenters. The van der Waals surface area contributed by atoms with E-state index in [4.69, 9.17) is 11.3 Å². The van der Waals surface area contributed by atoms with Crippen molar-refractivity contribution in [1.82, 2.24) is 0 Å². The predicted octanol–water partition coefficient (Wildman–Crippen LogP) is 10.1. The number of fused-ring (bicyclic) bond motifs is 2. The van der Waals surface area contributed by atoms with Crippen molar-refractivity contribution in [3.63, 3.8) is 0 Å². The van der Waals surface area contributed by atoms with Gasteiger partial charge in [0.25, 0.3) is 0 Å². The summed E-state index contributed by atoms with van der Waals surface area (Å²) in [6.45, 7) is 7.77. The van der Waals surface area contributed by atoms with Crippen molar-refractivity contribution in [1.29, 1.82) is 5.26 Å². The van der Waals surface area contributed by atoms with Crippen molar-refractivity contribution in [2.75, 3.05) is 12.0 Å². The first kappa shape index (κ1) is 25.4. The van der Waals surface area contributed by atoms with Gasteiger partial charge in [0.2, 0.25) is 0 Å². The van der Waals surface area contributed by atoms with Gasteiger partial charge in [-0.15, -0.1) is 0 Å². The highest BCUT2D eigenvalue weighted by Gasteiger charge is 2.14. The Morgan fingerprint density at radius 1 is 0.732 bits per heavy atom. The van der Waals surface area contributed by atoms with E-state index in [1.165, 1.54) is 0 Å². The molecular formula is C37H25N3O. The summed E-state index contributed by atoms with van der Waals surface area (Å²) in [5.41, 5.74) is 6.30. The number of methoxy groups -OCH3 is 1. The van der Waals surface area contributed by atoms with Gasteiger partial charge in [-0.05, 0) is 87.9 Å². The van der Waals surface area contributed by atoms with Crippen molar-refractivity contribution in [2.24, 2.45) is 0 Å². The van der Waals surface area contributed by atoms with E-state index >= 15 is 0 Å². The first-order valence-electron chi connectivity index (χ1n) is 13.2. The van der Waals surface area contributed by atoms with E-state index in [2.05, 4.69) is 76.5 Å². The minimum absolute atomic E-state index is 0.597. The minimum atomic E-state index is 0.597. The van der Waals surface area contributed by atoms with E-state index < -0.39 is 0 Å². The Labute approximate surface area is 239 Å². The van der Waals surface area contributed by atoms with Gasteiger partial charge in [-0.2, -0.15) is 5.26 Å². The molecule has 6 aromatic carbocycles. The Morgan fingerprint density at radius 2 is 1.41 bits per heavy atom. The molecule has 6 rings (SSSR count). The van der Waals surface area contributed by atoms with Crippen LogP contribution in [0.3, 0.4) is 0 Å². The van der Waals surface area contributed by atoms with Crippen LogP contribution in [-0.4, -0.2) is 7.11 Å². The van der Waals surface area contributed by atoms with Crippen LogP contribution in [0.5, 0.6) is 5.75 Å². The average Bonchev–Trinajstić information content (AvgIpc) is 3.04. The Hall–Kier alpha value is -5.84. The second kappa shape index (κ2) is 11.1. The third-order valence-electron chi connectivity index (χ3n) is 7.22. The number of benzene rings is 6. The van der Waals surface area contributed by atoms with Crippen LogP contribution in [0.1, 0.15) is 16.7 Å². The molecular weight excluding hydrogens is 502 g/mol. The Kier molecular flexibility index (Phi) is 6.89. The second-order valence-electron chi connectivity index (χ2n) is 9.58. The molecule has 0 aliphatic heterocycles. The summed E-state index contributed by atoms with van der Waals surface area (Å²) in [7, 11) is 1.67. The maximum Gasteiger partial charge on any atom is 0.195 e. The van der Waals surface area contributed by atoms with Gasteiger partial charge in [-0.1, -0.05) is 72.8 Å². The van der Waals surface area contributed by atoms with Gasteiger partial charge in [0, 0.05) is 22.4 Å². The highest BCUT2D eigenvalue weighted by molar-refractivity contribution is 6.13. The molecule has 194 valence electrons. The summed E-state index contributed by atoms with van der Waals surface area (Å²) < 4.78 is 5.36. The predicted molar refractivity (Wildman–Crippen MR) is 169 cm³/mol. The number of nitrogens with zero attached hydrogens (tertiary/aromatic N) is 3. The summed E-state index contributed by atoms with van der Waals surface area (Å²) in [6, 6.07) is 42.5. The second-order valence-corrected chi connectivity index (χ2v) is 9.58. The molecule has 0 aromatic heterocycles. The van der Waals surface area contributed by atoms with Gasteiger partial charge >= 0.3 is 0 Å². The summed E-state index contributed by atoms with van der Waals surface area (Å²) in [5.74, 6) is 0.812. The molecule has 6 aromatic rings. The van der Waals surface area contributed by atoms with Crippen LogP contribution in [-0.2, 0) is 0 Å². The standard InChI is InChI=1S/C37H25N3O/c1-39-36-13-7-8-27-24-35-28(25-38)9-6-12-33(35)34(37(27)36)23-16-26-14-17-30(18-15-26)40(29-10-4-3-5-11-29)31-19-21-32(41-2)22-20-31/h3-24H,2H3. The van der Waals surface area contributed by atoms with Gasteiger partial charge in [-0.3, -0.25) is 0 Å². The van der Waals surface area contributed by atoms with E-state index in [1.54, 1.807) is 7.11 Å². The van der Waals surface area contributed by atoms with Crippen LogP contribution in [0, 0.1) is 17.9 Å². The lowest BCUT2D eigenvalue weighted by atomic mass is 9.93. The average molecular weight is 528 g/mol. The lowest BCUT2D eigenvalue weighted by Gasteiger charge is -2.25. The number of para-hydroxylation sites is 1. The molecule has 41 heavy (non-hydrogen) atoms. The van der Waals surface area contributed by atoms with Crippen LogP contribution in [0.25, 0.3) is 38.5 Å². The molecule has 0 amide bonds. The molecule has 0 fully saturated rings. The van der Waals surface area contributed by atoms with E-state index in [-0.39, 0.29) is 0 Å². The molecule has 0 unspecified atom stereocenters. The van der Waals surface area contributed by atoms with Gasteiger partial charge in [-0.25, -0.2) is 4.85 Å². The zero-order valence-electron chi connectivity index (χ0n) is 22.5. The van der Waals surface area contributed by atoms with Gasteiger partial charge in [0.05, 0.1) is 25.3 Å². The minimum Gasteiger partial charge on any atom is -0.497 e. The molecule has 0 aliphatic rings. The van der Waals surface area contributed by atoms with Crippen molar-refractivity contribution in [3.05, 3.63) is 149 Å². The van der Waals surface area contributed by atoms with Gasteiger partial charge in [0.15, 0.2) is 5.69 Å². The number of hydrogen-bond acceptors (Lipinski definition) is 3. The van der Waals surface area contributed by atoms with Crippen LogP contribution >= 0.6 is 0 Å². The number of ether oxygens (including phenoxy) is 1. The van der Waals surface area contributed by atoms with Crippen LogP contribution < -0.4 is 9.64 Å². The SMILES string of the molecule is [C-]#[N+]c1cccc2cc3c(C#N)cccc3c(C=Cc3ccc(N(c4ccccc4)c4ccc(OC)cc4)cc3)c12. The van der Waals surface area contributed by atoms with Crippen LogP contribution in [0.2, 0.25) is 0 Å². The van der Waals surface area contributed by atoms with E-state index in [9.17, 15) is 5.26 Å². The monoisotopic (exact) mass is 527 g/mol. The van der Waals surface area contributed by atoms with Gasteiger partial charge in [0.1, 0.15) is 5.75 Å². The molecule has 0 spiro atoms. The molecule has 4 heteroatoms. The highest BCUT2D eigenvalue weighted by Crippen LogP contribution is 2.38. The largest absolute Gasteiger partial charge is 0.497 e. The Balaban J connectivity index is 1.43. The fourth-order valence-electron chi connectivity index (χ4n) is 5.25. The van der Waals surface area contributed by atoms with Crippen LogP contribution in [0.4, 0.5) is 22.7 Å². The Morgan fingerprint density at radius 3 is 2.10 bits per heavy atom. The third kappa shape index (κ3) is 4.87. The summed E-state index contributed by atoms with van der Waals surface area (Å²) in [6.07, 6.45) is 4.13.